The van der Waals surface area contributed by atoms with Crippen LogP contribution in [0.15, 0.2) is 17.2 Å². The van der Waals surface area contributed by atoms with Gasteiger partial charge >= 0.3 is 0 Å². The topological polar surface area (TPSA) is 62.6 Å². The van der Waals surface area contributed by atoms with Crippen molar-refractivity contribution in [2.75, 3.05) is 26.7 Å². The lowest BCUT2D eigenvalue weighted by Crippen LogP contribution is -2.29. The van der Waals surface area contributed by atoms with Crippen LogP contribution >= 0.6 is 0 Å². The number of sulfonamides is 1. The van der Waals surface area contributed by atoms with Crippen molar-refractivity contribution in [1.29, 1.82) is 0 Å². The fourth-order valence-corrected chi connectivity index (χ4v) is 4.25. The maximum Gasteiger partial charge on any atom is 0.270 e. The first kappa shape index (κ1) is 17.0. The molecule has 1 saturated heterocycles. The smallest absolute Gasteiger partial charge is 0.270 e. The lowest BCUT2D eigenvalue weighted by Gasteiger charge is -2.16. The summed E-state index contributed by atoms with van der Waals surface area (Å²) < 4.78 is 28.2. The van der Waals surface area contributed by atoms with Crippen LogP contribution in [0, 0.1) is 0 Å². The van der Waals surface area contributed by atoms with Crippen LogP contribution in [-0.4, -0.2) is 54.8 Å². The van der Waals surface area contributed by atoms with Gasteiger partial charge in [0.15, 0.2) is 0 Å². The van der Waals surface area contributed by atoms with Crippen LogP contribution < -0.4 is 0 Å². The molecule has 0 saturated carbocycles. The Bertz CT molecular complexity index is 630. The second-order valence-electron chi connectivity index (χ2n) is 5.86. The van der Waals surface area contributed by atoms with E-state index in [-0.39, 0.29) is 10.8 Å². The van der Waals surface area contributed by atoms with Gasteiger partial charge in [0.2, 0.25) is 10.0 Å². The summed E-state index contributed by atoms with van der Waals surface area (Å²) in [6.45, 7) is 3.88. The second-order valence-corrected chi connectivity index (χ2v) is 7.80. The van der Waals surface area contributed by atoms with Crippen LogP contribution in [0.4, 0.5) is 0 Å². The summed E-state index contributed by atoms with van der Waals surface area (Å²) in [4.78, 5) is 14.3. The molecule has 0 N–H and O–H groups in total. The van der Waals surface area contributed by atoms with Crippen molar-refractivity contribution in [2.24, 2.45) is 7.05 Å². The molecule has 0 atom stereocenters. The van der Waals surface area contributed by atoms with E-state index in [1.54, 1.807) is 23.6 Å². The van der Waals surface area contributed by atoms with Crippen molar-refractivity contribution in [2.45, 2.75) is 37.5 Å². The molecule has 1 fully saturated rings. The van der Waals surface area contributed by atoms with Crippen LogP contribution in [0.25, 0.3) is 0 Å². The summed E-state index contributed by atoms with van der Waals surface area (Å²) in [6, 6.07) is 1.50. The molecule has 2 heterocycles. The van der Waals surface area contributed by atoms with Gasteiger partial charge in [0.1, 0.15) is 10.6 Å². The van der Waals surface area contributed by atoms with Crippen molar-refractivity contribution in [3.05, 3.63) is 18.0 Å². The fraction of sp³-hybridized carbons (Fsp3) is 0.667. The standard InChI is InChI=1S/C15H25N3O3S/c1-4-5-8-16(2)15(19)14-11-13(12-17(14)3)22(20,21)18-9-6-7-10-18/h11-12H,4-10H2,1-3H3. The predicted molar refractivity (Wildman–Crippen MR) is 85.3 cm³/mol. The number of carbonyl (C=O) groups is 1. The summed E-state index contributed by atoms with van der Waals surface area (Å²) in [7, 11) is -0.0129. The van der Waals surface area contributed by atoms with Crippen LogP contribution in [0.1, 0.15) is 43.1 Å². The van der Waals surface area contributed by atoms with E-state index in [4.69, 9.17) is 0 Å². The second kappa shape index (κ2) is 6.83. The SMILES string of the molecule is CCCCN(C)C(=O)c1cc(S(=O)(=O)N2CCCC2)cn1C. The molecule has 1 amide bonds. The van der Waals surface area contributed by atoms with Crippen LogP contribution in [0.2, 0.25) is 0 Å². The minimum absolute atomic E-state index is 0.140. The Balaban J connectivity index is 2.22. The van der Waals surface area contributed by atoms with Gasteiger partial charge in [0.05, 0.1) is 0 Å². The number of aromatic nitrogens is 1. The quantitative estimate of drug-likeness (QED) is 0.798. The molecule has 0 aliphatic carbocycles. The number of carbonyl (C=O) groups excluding carboxylic acids is 1. The molecule has 0 aromatic carbocycles. The van der Waals surface area contributed by atoms with Gasteiger partial charge in [-0.05, 0) is 25.3 Å². The van der Waals surface area contributed by atoms with Crippen molar-refractivity contribution >= 4 is 15.9 Å². The molecule has 6 nitrogen and oxygen atoms in total. The van der Waals surface area contributed by atoms with Crippen LogP contribution in [0.5, 0.6) is 0 Å². The lowest BCUT2D eigenvalue weighted by molar-refractivity contribution is 0.0784. The average molecular weight is 327 g/mol. The molecule has 0 radical (unpaired) electrons. The van der Waals surface area contributed by atoms with E-state index >= 15 is 0 Å². The Hall–Kier alpha value is -1.34. The van der Waals surface area contributed by atoms with Gasteiger partial charge in [-0.15, -0.1) is 0 Å². The molecular formula is C15H25N3O3S. The highest BCUT2D eigenvalue weighted by Gasteiger charge is 2.29. The first-order valence-electron chi connectivity index (χ1n) is 7.80. The van der Waals surface area contributed by atoms with E-state index in [0.717, 1.165) is 25.7 Å². The van der Waals surface area contributed by atoms with Gasteiger partial charge in [0.25, 0.3) is 5.91 Å². The van der Waals surface area contributed by atoms with Gasteiger partial charge in [-0.1, -0.05) is 13.3 Å². The molecule has 2 rings (SSSR count). The zero-order valence-electron chi connectivity index (χ0n) is 13.6. The molecule has 1 aliphatic rings. The molecule has 0 bridgehead atoms. The van der Waals surface area contributed by atoms with E-state index < -0.39 is 10.0 Å². The van der Waals surface area contributed by atoms with Gasteiger partial charge in [0, 0.05) is 39.9 Å². The van der Waals surface area contributed by atoms with E-state index in [9.17, 15) is 13.2 Å². The largest absolute Gasteiger partial charge is 0.345 e. The Labute approximate surface area is 132 Å². The highest BCUT2D eigenvalue weighted by Crippen LogP contribution is 2.23. The minimum Gasteiger partial charge on any atom is -0.345 e. The minimum atomic E-state index is -3.47. The Kier molecular flexibility index (Phi) is 5.28. The molecule has 124 valence electrons. The molecule has 0 unspecified atom stereocenters. The Morgan fingerprint density at radius 1 is 1.32 bits per heavy atom. The number of rotatable bonds is 6. The van der Waals surface area contributed by atoms with Gasteiger partial charge in [-0.3, -0.25) is 4.79 Å². The highest BCUT2D eigenvalue weighted by atomic mass is 32.2. The molecule has 22 heavy (non-hydrogen) atoms. The number of hydrogen-bond acceptors (Lipinski definition) is 3. The summed E-state index contributed by atoms with van der Waals surface area (Å²) in [6.07, 6.45) is 5.29. The lowest BCUT2D eigenvalue weighted by atomic mass is 10.3. The first-order valence-corrected chi connectivity index (χ1v) is 9.24. The van der Waals surface area contributed by atoms with Crippen molar-refractivity contribution in [3.63, 3.8) is 0 Å². The number of nitrogens with zero attached hydrogens (tertiary/aromatic N) is 3. The van der Waals surface area contributed by atoms with E-state index in [2.05, 4.69) is 6.92 Å². The number of amides is 1. The van der Waals surface area contributed by atoms with Gasteiger partial charge in [-0.2, -0.15) is 4.31 Å². The predicted octanol–water partition coefficient (Wildman–Crippen LogP) is 1.68. The third-order valence-electron chi connectivity index (χ3n) is 4.10. The monoisotopic (exact) mass is 327 g/mol. The van der Waals surface area contributed by atoms with Gasteiger partial charge < -0.3 is 9.47 Å². The average Bonchev–Trinajstić information content (AvgIpc) is 3.13. The van der Waals surface area contributed by atoms with Crippen molar-refractivity contribution in [3.8, 4) is 0 Å². The van der Waals surface area contributed by atoms with Crippen molar-refractivity contribution in [1.82, 2.24) is 13.8 Å². The molecule has 1 aromatic rings. The summed E-state index contributed by atoms with van der Waals surface area (Å²) >= 11 is 0. The highest BCUT2D eigenvalue weighted by molar-refractivity contribution is 7.89. The number of hydrogen-bond donors (Lipinski definition) is 0. The molecule has 0 spiro atoms. The summed E-state index contributed by atoms with van der Waals surface area (Å²) in [5.41, 5.74) is 0.413. The normalized spacial score (nSPS) is 16.1. The molecular weight excluding hydrogens is 302 g/mol. The number of aryl methyl sites for hydroxylation is 1. The first-order chi connectivity index (χ1) is 10.4. The van der Waals surface area contributed by atoms with Crippen LogP contribution in [0.3, 0.4) is 0 Å². The number of unbranched alkanes of at least 4 members (excludes halogenated alkanes) is 1. The zero-order chi connectivity index (χ0) is 16.3. The molecule has 7 heteroatoms. The Morgan fingerprint density at radius 2 is 1.95 bits per heavy atom. The third kappa shape index (κ3) is 3.35. The molecule has 1 aromatic heterocycles. The summed E-state index contributed by atoms with van der Waals surface area (Å²) in [5.74, 6) is -0.140. The maximum absolute atomic E-state index is 12.6. The third-order valence-corrected chi connectivity index (χ3v) is 5.96. The van der Waals surface area contributed by atoms with Gasteiger partial charge in [-0.25, -0.2) is 8.42 Å². The van der Waals surface area contributed by atoms with E-state index in [1.807, 2.05) is 0 Å². The summed E-state index contributed by atoms with van der Waals surface area (Å²) in [5, 5.41) is 0. The maximum atomic E-state index is 12.6. The van der Waals surface area contributed by atoms with E-state index in [0.29, 0.717) is 25.3 Å². The fourth-order valence-electron chi connectivity index (χ4n) is 2.66. The van der Waals surface area contributed by atoms with Crippen molar-refractivity contribution < 1.29 is 13.2 Å². The van der Waals surface area contributed by atoms with Crippen LogP contribution in [-0.2, 0) is 17.1 Å². The van der Waals surface area contributed by atoms with E-state index in [1.165, 1.54) is 16.6 Å². The zero-order valence-corrected chi connectivity index (χ0v) is 14.4. The molecule has 1 aliphatic heterocycles. The Morgan fingerprint density at radius 3 is 2.55 bits per heavy atom.